The Hall–Kier alpha value is -2.01. The fourth-order valence-corrected chi connectivity index (χ4v) is 4.95. The maximum absolute atomic E-state index is 14.0. The predicted molar refractivity (Wildman–Crippen MR) is 113 cm³/mol. The minimum absolute atomic E-state index is 0.161. The van der Waals surface area contributed by atoms with Crippen LogP contribution in [0.4, 0.5) is 5.69 Å². The zero-order chi connectivity index (χ0) is 20.9. The molecule has 0 radical (unpaired) electrons. The number of benzene rings is 2. The van der Waals surface area contributed by atoms with Gasteiger partial charge in [-0.15, -0.1) is 0 Å². The lowest BCUT2D eigenvalue weighted by atomic mass is 10.2. The van der Waals surface area contributed by atoms with Gasteiger partial charge in [0.15, 0.2) is 5.85 Å². The summed E-state index contributed by atoms with van der Waals surface area (Å²) < 4.78 is 30.5. The van der Waals surface area contributed by atoms with E-state index < -0.39 is 13.2 Å². The molecule has 0 aromatic heterocycles. The zero-order valence-electron chi connectivity index (χ0n) is 17.4. The van der Waals surface area contributed by atoms with Crippen molar-refractivity contribution in [1.82, 2.24) is 0 Å². The number of methoxy groups -OCH3 is 2. The average molecular weight is 407 g/mol. The number of ether oxygens (including phenoxy) is 2. The SMILES string of the molecule is COc1ccc(OC)c(C(O)P(=O)(OCC(C)C)c2ccc(N(C)C)cc2)c1. The molecule has 28 heavy (non-hydrogen) atoms. The minimum Gasteiger partial charge on any atom is -0.497 e. The van der Waals surface area contributed by atoms with Crippen molar-refractivity contribution >= 4 is 18.4 Å². The van der Waals surface area contributed by atoms with E-state index in [-0.39, 0.29) is 12.5 Å². The molecule has 154 valence electrons. The Labute approximate surface area is 167 Å². The van der Waals surface area contributed by atoms with Gasteiger partial charge in [-0.2, -0.15) is 0 Å². The standard InChI is InChI=1S/C21H30NO5P/c1-15(2)14-27-28(24,18-10-7-16(8-11-18)22(3)4)21(23)19-13-17(25-5)9-12-20(19)26-6/h7-13,15,21,23H,14H2,1-6H3. The van der Waals surface area contributed by atoms with Crippen molar-refractivity contribution in [1.29, 1.82) is 0 Å². The summed E-state index contributed by atoms with van der Waals surface area (Å²) in [6, 6.07) is 12.2. The molecule has 0 bridgehead atoms. The Bertz CT molecular complexity index is 820. The summed E-state index contributed by atoms with van der Waals surface area (Å²) in [6.45, 7) is 4.20. The van der Waals surface area contributed by atoms with Crippen LogP contribution in [0, 0.1) is 5.92 Å². The first-order valence-electron chi connectivity index (χ1n) is 9.15. The lowest BCUT2D eigenvalue weighted by molar-refractivity contribution is 0.199. The molecule has 0 aliphatic carbocycles. The fraction of sp³-hybridized carbons (Fsp3) is 0.429. The highest BCUT2D eigenvalue weighted by Gasteiger charge is 2.38. The Morgan fingerprint density at radius 1 is 1.04 bits per heavy atom. The van der Waals surface area contributed by atoms with Gasteiger partial charge in [0, 0.05) is 30.7 Å². The van der Waals surface area contributed by atoms with Crippen LogP contribution in [0.15, 0.2) is 42.5 Å². The molecule has 0 saturated heterocycles. The quantitative estimate of drug-likeness (QED) is 0.633. The Morgan fingerprint density at radius 2 is 1.68 bits per heavy atom. The molecule has 7 heteroatoms. The molecule has 0 fully saturated rings. The van der Waals surface area contributed by atoms with Crippen molar-refractivity contribution < 1.29 is 23.7 Å². The van der Waals surface area contributed by atoms with E-state index in [2.05, 4.69) is 0 Å². The van der Waals surface area contributed by atoms with Gasteiger partial charge in [-0.3, -0.25) is 4.57 Å². The summed E-state index contributed by atoms with van der Waals surface area (Å²) in [5.41, 5.74) is 1.33. The molecule has 0 spiro atoms. The van der Waals surface area contributed by atoms with Crippen LogP contribution in [-0.4, -0.2) is 40.0 Å². The van der Waals surface area contributed by atoms with E-state index in [0.29, 0.717) is 22.4 Å². The summed E-state index contributed by atoms with van der Waals surface area (Å²) in [5.74, 6) is -0.268. The normalized spacial score (nSPS) is 14.4. The van der Waals surface area contributed by atoms with E-state index >= 15 is 0 Å². The van der Waals surface area contributed by atoms with Gasteiger partial charge >= 0.3 is 0 Å². The third-order valence-electron chi connectivity index (χ3n) is 4.36. The lowest BCUT2D eigenvalue weighted by Crippen LogP contribution is -2.18. The molecule has 0 saturated carbocycles. The maximum atomic E-state index is 14.0. The molecule has 2 rings (SSSR count). The minimum atomic E-state index is -3.66. The molecule has 2 atom stereocenters. The lowest BCUT2D eigenvalue weighted by Gasteiger charge is -2.27. The van der Waals surface area contributed by atoms with E-state index in [1.807, 2.05) is 45.0 Å². The maximum Gasteiger partial charge on any atom is 0.264 e. The number of hydrogen-bond donors (Lipinski definition) is 1. The third kappa shape index (κ3) is 4.88. The van der Waals surface area contributed by atoms with E-state index in [1.54, 1.807) is 30.3 Å². The van der Waals surface area contributed by atoms with Crippen LogP contribution in [0.3, 0.4) is 0 Å². The molecule has 2 aromatic carbocycles. The van der Waals surface area contributed by atoms with Crippen LogP contribution in [0.25, 0.3) is 0 Å². The second-order valence-electron chi connectivity index (χ2n) is 7.18. The van der Waals surface area contributed by atoms with Gasteiger partial charge in [0.1, 0.15) is 11.5 Å². The van der Waals surface area contributed by atoms with Crippen molar-refractivity contribution in [2.75, 3.05) is 39.8 Å². The highest BCUT2D eigenvalue weighted by Crippen LogP contribution is 2.59. The monoisotopic (exact) mass is 407 g/mol. The molecular weight excluding hydrogens is 377 g/mol. The fourth-order valence-electron chi connectivity index (χ4n) is 2.73. The van der Waals surface area contributed by atoms with Crippen molar-refractivity contribution in [3.05, 3.63) is 48.0 Å². The van der Waals surface area contributed by atoms with Gasteiger partial charge < -0.3 is 24.0 Å². The first-order valence-corrected chi connectivity index (χ1v) is 10.8. The molecule has 0 heterocycles. The summed E-state index contributed by atoms with van der Waals surface area (Å²) in [7, 11) is 3.24. The van der Waals surface area contributed by atoms with Crippen molar-refractivity contribution in [3.63, 3.8) is 0 Å². The van der Waals surface area contributed by atoms with Gasteiger partial charge in [-0.1, -0.05) is 13.8 Å². The zero-order valence-corrected chi connectivity index (χ0v) is 18.3. The molecule has 2 aromatic rings. The third-order valence-corrected chi connectivity index (χ3v) is 6.84. The largest absolute Gasteiger partial charge is 0.497 e. The highest BCUT2D eigenvalue weighted by molar-refractivity contribution is 7.67. The first-order chi connectivity index (χ1) is 13.2. The van der Waals surface area contributed by atoms with Crippen molar-refractivity contribution in [2.45, 2.75) is 19.7 Å². The van der Waals surface area contributed by atoms with Crippen LogP contribution in [0.5, 0.6) is 11.5 Å². The smallest absolute Gasteiger partial charge is 0.264 e. The van der Waals surface area contributed by atoms with Gasteiger partial charge in [0.25, 0.3) is 7.37 Å². The van der Waals surface area contributed by atoms with Crippen LogP contribution in [-0.2, 0) is 9.09 Å². The molecule has 6 nitrogen and oxygen atoms in total. The summed E-state index contributed by atoms with van der Waals surface area (Å²) in [5, 5.41) is 11.6. The van der Waals surface area contributed by atoms with E-state index in [4.69, 9.17) is 14.0 Å². The van der Waals surface area contributed by atoms with Gasteiger partial charge in [-0.05, 0) is 48.4 Å². The molecular formula is C21H30NO5P. The Balaban J connectivity index is 2.54. The first kappa shape index (κ1) is 22.3. The number of aliphatic hydroxyl groups is 1. The summed E-state index contributed by atoms with van der Waals surface area (Å²) in [4.78, 5) is 1.95. The topological polar surface area (TPSA) is 68.2 Å². The Morgan fingerprint density at radius 3 is 2.18 bits per heavy atom. The predicted octanol–water partition coefficient (Wildman–Crippen LogP) is 4.04. The number of nitrogens with zero attached hydrogens (tertiary/aromatic N) is 1. The molecule has 0 aliphatic heterocycles. The summed E-state index contributed by atoms with van der Waals surface area (Å²) >= 11 is 0. The van der Waals surface area contributed by atoms with Gasteiger partial charge in [0.2, 0.25) is 0 Å². The number of hydrogen-bond acceptors (Lipinski definition) is 6. The molecule has 2 unspecified atom stereocenters. The van der Waals surface area contributed by atoms with Crippen LogP contribution >= 0.6 is 7.37 Å². The second-order valence-corrected chi connectivity index (χ2v) is 9.64. The van der Waals surface area contributed by atoms with Crippen LogP contribution in [0.1, 0.15) is 25.3 Å². The van der Waals surface area contributed by atoms with E-state index in [1.165, 1.54) is 14.2 Å². The number of anilines is 1. The molecule has 1 N–H and O–H groups in total. The average Bonchev–Trinajstić information content (AvgIpc) is 2.70. The molecule has 0 aliphatic rings. The van der Waals surface area contributed by atoms with Crippen LogP contribution < -0.4 is 19.7 Å². The second kappa shape index (κ2) is 9.46. The molecule has 0 amide bonds. The highest BCUT2D eigenvalue weighted by atomic mass is 31.2. The Kier molecular flexibility index (Phi) is 7.53. The van der Waals surface area contributed by atoms with Crippen molar-refractivity contribution in [3.8, 4) is 11.5 Å². The number of aliphatic hydroxyl groups excluding tert-OH is 1. The summed E-state index contributed by atoms with van der Waals surface area (Å²) in [6.07, 6.45) is 0. The van der Waals surface area contributed by atoms with Gasteiger partial charge in [0.05, 0.1) is 20.8 Å². The van der Waals surface area contributed by atoms with Crippen molar-refractivity contribution in [2.24, 2.45) is 5.92 Å². The van der Waals surface area contributed by atoms with E-state index in [9.17, 15) is 9.67 Å². The number of rotatable bonds is 9. The van der Waals surface area contributed by atoms with E-state index in [0.717, 1.165) is 5.69 Å². The van der Waals surface area contributed by atoms with Gasteiger partial charge in [-0.25, -0.2) is 0 Å². The van der Waals surface area contributed by atoms with Crippen LogP contribution in [0.2, 0.25) is 0 Å².